The van der Waals surface area contributed by atoms with Crippen LogP contribution in [0.4, 0.5) is 39.8 Å². The van der Waals surface area contributed by atoms with Gasteiger partial charge in [0.15, 0.2) is 0 Å². The normalized spacial score (nSPS) is 19.5. The molecule has 3 aromatic carbocycles. The van der Waals surface area contributed by atoms with Crippen molar-refractivity contribution in [3.63, 3.8) is 0 Å². The summed E-state index contributed by atoms with van der Waals surface area (Å²) in [6, 6.07) is 16.3. The Bertz CT molecular complexity index is 1610. The van der Waals surface area contributed by atoms with Crippen LogP contribution >= 0.6 is 0 Å². The second kappa shape index (κ2) is 17.9. The molecule has 1 aliphatic heterocycles. The number of carbonyl (C=O) groups excluding carboxylic acids is 3. The fourth-order valence-corrected chi connectivity index (χ4v) is 5.59. The average Bonchev–Trinajstić information content (AvgIpc) is 3.09. The lowest BCUT2D eigenvalue weighted by atomic mass is 10.0. The Kier molecular flexibility index (Phi) is 13.7. The standard InChI is InChI=1S/C37H46F3N5O6/c1-24-21-45(25(2)23-46)34(47)31-20-30(42-35(48)41-28-11-6-5-7-12-28)17-18-32(31)51-26(3)10-8-9-19-50-33(24)22-44(4)36(49)43-29-15-13-27(14-16-29)37(38,39)40/h5-7,11-18,20,24-26,33,46H,8-10,19,21-23H2,1-4H3,(H,43,49)(H2,41,42,48)/t24-,25+,26-,33-/m1/s1. The summed E-state index contributed by atoms with van der Waals surface area (Å²) in [6.07, 6.45) is -3.14. The number of carbonyl (C=O) groups is 3. The highest BCUT2D eigenvalue weighted by atomic mass is 19.4. The molecule has 4 N–H and O–H groups in total. The summed E-state index contributed by atoms with van der Waals surface area (Å²) in [5, 5.41) is 18.3. The van der Waals surface area contributed by atoms with Gasteiger partial charge >= 0.3 is 18.2 Å². The van der Waals surface area contributed by atoms with Gasteiger partial charge in [-0.15, -0.1) is 0 Å². The van der Waals surface area contributed by atoms with Crippen molar-refractivity contribution in [2.45, 2.75) is 64.5 Å². The smallest absolute Gasteiger partial charge is 0.416 e. The first-order valence-corrected chi connectivity index (χ1v) is 16.9. The van der Waals surface area contributed by atoms with E-state index in [4.69, 9.17) is 9.47 Å². The van der Waals surface area contributed by atoms with Crippen LogP contribution in [0.25, 0.3) is 0 Å². The van der Waals surface area contributed by atoms with E-state index in [1.165, 1.54) is 21.9 Å². The maximum atomic E-state index is 14.3. The molecule has 4 atom stereocenters. The number of para-hydroxylation sites is 1. The Morgan fingerprint density at radius 1 is 0.961 bits per heavy atom. The number of hydrogen-bond acceptors (Lipinski definition) is 6. The molecule has 276 valence electrons. The molecule has 0 aromatic heterocycles. The molecule has 0 saturated carbocycles. The molecule has 3 aromatic rings. The largest absolute Gasteiger partial charge is 0.490 e. The number of hydrogen-bond donors (Lipinski definition) is 4. The number of anilines is 3. The Hall–Kier alpha value is -4.82. The number of halogens is 3. The van der Waals surface area contributed by atoms with Gasteiger partial charge in [0.1, 0.15) is 5.75 Å². The highest BCUT2D eigenvalue weighted by Gasteiger charge is 2.32. The van der Waals surface area contributed by atoms with Crippen molar-refractivity contribution in [3.8, 4) is 5.75 Å². The molecule has 0 fully saturated rings. The molecular formula is C37H46F3N5O6. The van der Waals surface area contributed by atoms with E-state index in [0.29, 0.717) is 36.6 Å². The highest BCUT2D eigenvalue weighted by Crippen LogP contribution is 2.31. The van der Waals surface area contributed by atoms with Crippen LogP contribution in [0.1, 0.15) is 56.0 Å². The van der Waals surface area contributed by atoms with E-state index in [9.17, 15) is 32.7 Å². The Morgan fingerprint density at radius 2 is 1.61 bits per heavy atom. The van der Waals surface area contributed by atoms with Crippen molar-refractivity contribution in [1.82, 2.24) is 9.80 Å². The summed E-state index contributed by atoms with van der Waals surface area (Å²) >= 11 is 0. The number of amides is 5. The third-order valence-electron chi connectivity index (χ3n) is 8.61. The van der Waals surface area contributed by atoms with Crippen molar-refractivity contribution < 1.29 is 42.1 Å². The predicted octanol–water partition coefficient (Wildman–Crippen LogP) is 7.31. The predicted molar refractivity (Wildman–Crippen MR) is 189 cm³/mol. The van der Waals surface area contributed by atoms with E-state index >= 15 is 0 Å². The number of aliphatic hydroxyl groups excluding tert-OH is 1. The molecule has 1 aliphatic rings. The summed E-state index contributed by atoms with van der Waals surface area (Å²) in [6.45, 7) is 5.81. The summed E-state index contributed by atoms with van der Waals surface area (Å²) in [4.78, 5) is 43.1. The van der Waals surface area contributed by atoms with Gasteiger partial charge in [-0.25, -0.2) is 9.59 Å². The summed E-state index contributed by atoms with van der Waals surface area (Å²) < 4.78 is 51.5. The quantitative estimate of drug-likeness (QED) is 0.203. The first kappa shape index (κ1) is 39.0. The molecule has 0 radical (unpaired) electrons. The molecule has 4 rings (SSSR count). The average molecular weight is 714 g/mol. The second-order valence-corrected chi connectivity index (χ2v) is 12.8. The van der Waals surface area contributed by atoms with Crippen molar-refractivity contribution in [2.75, 3.05) is 49.3 Å². The maximum Gasteiger partial charge on any atom is 0.416 e. The number of urea groups is 2. The molecule has 1 heterocycles. The fourth-order valence-electron chi connectivity index (χ4n) is 5.59. The monoisotopic (exact) mass is 713 g/mol. The van der Waals surface area contributed by atoms with Crippen LogP contribution in [-0.4, -0.2) is 84.5 Å². The number of likely N-dealkylation sites (N-methyl/N-ethyl adjacent to an activating group) is 1. The number of nitrogens with one attached hydrogen (secondary N) is 3. The van der Waals surface area contributed by atoms with E-state index in [2.05, 4.69) is 16.0 Å². The molecule has 0 bridgehead atoms. The Labute approximate surface area is 296 Å². The second-order valence-electron chi connectivity index (χ2n) is 12.8. The van der Waals surface area contributed by atoms with E-state index in [0.717, 1.165) is 18.6 Å². The van der Waals surface area contributed by atoms with Crippen molar-refractivity contribution in [3.05, 3.63) is 83.9 Å². The van der Waals surface area contributed by atoms with Crippen molar-refractivity contribution in [1.29, 1.82) is 0 Å². The number of benzene rings is 3. The van der Waals surface area contributed by atoms with Crippen LogP contribution in [0, 0.1) is 5.92 Å². The molecule has 0 aliphatic carbocycles. The molecular weight excluding hydrogens is 667 g/mol. The van der Waals surface area contributed by atoms with E-state index in [1.54, 1.807) is 56.4 Å². The fraction of sp³-hybridized carbons (Fsp3) is 0.432. The number of aliphatic hydroxyl groups is 1. The highest BCUT2D eigenvalue weighted by molar-refractivity contribution is 6.02. The van der Waals surface area contributed by atoms with Gasteiger partial charge in [0.25, 0.3) is 5.91 Å². The SMILES string of the molecule is C[C@@H]1CCCCO[C@H](CN(C)C(=O)Nc2ccc(C(F)(F)F)cc2)[C@H](C)CN([C@@H](C)CO)C(=O)c2cc(NC(=O)Nc3ccccc3)ccc2O1. The molecule has 0 saturated heterocycles. The van der Waals surface area contributed by atoms with Gasteiger partial charge in [0, 0.05) is 49.7 Å². The molecule has 11 nitrogen and oxygen atoms in total. The van der Waals surface area contributed by atoms with E-state index in [1.807, 2.05) is 19.9 Å². The lowest BCUT2D eigenvalue weighted by Crippen LogP contribution is -2.48. The van der Waals surface area contributed by atoms with Gasteiger partial charge in [-0.2, -0.15) is 13.2 Å². The molecule has 0 spiro atoms. The molecule has 5 amide bonds. The minimum atomic E-state index is -4.49. The Morgan fingerprint density at radius 3 is 2.27 bits per heavy atom. The summed E-state index contributed by atoms with van der Waals surface area (Å²) in [5.74, 6) is -0.427. The third-order valence-corrected chi connectivity index (χ3v) is 8.61. The van der Waals surface area contributed by atoms with Crippen LogP contribution in [0.15, 0.2) is 72.8 Å². The maximum absolute atomic E-state index is 14.3. The minimum Gasteiger partial charge on any atom is -0.490 e. The van der Waals surface area contributed by atoms with Crippen molar-refractivity contribution >= 4 is 35.0 Å². The zero-order valence-electron chi connectivity index (χ0n) is 29.2. The van der Waals surface area contributed by atoms with Crippen LogP contribution in [0.2, 0.25) is 0 Å². The number of fused-ring (bicyclic) bond motifs is 1. The van der Waals surface area contributed by atoms with Crippen LogP contribution in [0.3, 0.4) is 0 Å². The van der Waals surface area contributed by atoms with Gasteiger partial charge in [-0.05, 0) is 87.7 Å². The van der Waals surface area contributed by atoms with Crippen molar-refractivity contribution in [2.24, 2.45) is 5.92 Å². The zero-order chi connectivity index (χ0) is 37.1. The van der Waals surface area contributed by atoms with Gasteiger partial charge in [0.2, 0.25) is 0 Å². The van der Waals surface area contributed by atoms with Crippen LogP contribution in [0.5, 0.6) is 5.75 Å². The first-order valence-electron chi connectivity index (χ1n) is 16.9. The third kappa shape index (κ3) is 11.3. The summed E-state index contributed by atoms with van der Waals surface area (Å²) in [5.41, 5.74) is 0.540. The van der Waals surface area contributed by atoms with E-state index < -0.39 is 41.9 Å². The van der Waals surface area contributed by atoms with Gasteiger partial charge in [-0.1, -0.05) is 25.1 Å². The number of ether oxygens (including phenoxy) is 2. The minimum absolute atomic E-state index is 0.115. The van der Waals surface area contributed by atoms with Gasteiger partial charge < -0.3 is 40.3 Å². The van der Waals surface area contributed by atoms with E-state index in [-0.39, 0.29) is 43.0 Å². The lowest BCUT2D eigenvalue weighted by Gasteiger charge is -2.35. The lowest BCUT2D eigenvalue weighted by molar-refractivity contribution is -0.137. The zero-order valence-corrected chi connectivity index (χ0v) is 29.2. The van der Waals surface area contributed by atoms with Gasteiger partial charge in [-0.3, -0.25) is 4.79 Å². The molecule has 0 unspecified atom stereocenters. The Balaban J connectivity index is 1.55. The first-order chi connectivity index (χ1) is 24.2. The summed E-state index contributed by atoms with van der Waals surface area (Å²) in [7, 11) is 1.55. The number of alkyl halides is 3. The number of rotatable bonds is 7. The topological polar surface area (TPSA) is 132 Å². The van der Waals surface area contributed by atoms with Crippen LogP contribution in [-0.2, 0) is 10.9 Å². The molecule has 51 heavy (non-hydrogen) atoms. The number of nitrogens with zero attached hydrogens (tertiary/aromatic N) is 2. The van der Waals surface area contributed by atoms with Gasteiger partial charge in [0.05, 0.1) is 36.0 Å². The van der Waals surface area contributed by atoms with Crippen LogP contribution < -0.4 is 20.7 Å². The molecule has 14 heteroatoms.